The quantitative estimate of drug-likeness (QED) is 0.854. The molecule has 0 spiro atoms. The van der Waals surface area contributed by atoms with Crippen LogP contribution in [0.25, 0.3) is 0 Å². The molecule has 1 amide bonds. The summed E-state index contributed by atoms with van der Waals surface area (Å²) < 4.78 is 6.01. The Morgan fingerprint density at radius 1 is 1.43 bits per heavy atom. The minimum atomic E-state index is -0.624. The van der Waals surface area contributed by atoms with Gasteiger partial charge in [-0.2, -0.15) is 0 Å². The fraction of sp³-hybridized carbons (Fsp3) is 0.562. The van der Waals surface area contributed by atoms with E-state index in [1.54, 1.807) is 7.11 Å². The van der Waals surface area contributed by atoms with E-state index in [2.05, 4.69) is 33.4 Å². The van der Waals surface area contributed by atoms with Crippen LogP contribution >= 0.6 is 15.9 Å². The van der Waals surface area contributed by atoms with Crippen molar-refractivity contribution < 1.29 is 9.53 Å². The Morgan fingerprint density at radius 3 is 2.76 bits per heavy atom. The lowest BCUT2D eigenvalue weighted by molar-refractivity contribution is -0.126. The molecule has 0 radical (unpaired) electrons. The number of carbonyl (C=O) groups is 1. The van der Waals surface area contributed by atoms with Crippen LogP contribution in [0.3, 0.4) is 0 Å². The summed E-state index contributed by atoms with van der Waals surface area (Å²) in [7, 11) is 1.55. The van der Waals surface area contributed by atoms with E-state index < -0.39 is 6.04 Å². The largest absolute Gasteiger partial charge is 0.383 e. The van der Waals surface area contributed by atoms with Crippen LogP contribution in [-0.4, -0.2) is 25.7 Å². The summed E-state index contributed by atoms with van der Waals surface area (Å²) in [5.74, 6) is -0.140. The van der Waals surface area contributed by atoms with Crippen LogP contribution in [0.1, 0.15) is 37.7 Å². The van der Waals surface area contributed by atoms with Gasteiger partial charge in [0.15, 0.2) is 0 Å². The minimum Gasteiger partial charge on any atom is -0.383 e. The number of ether oxygens (including phenoxy) is 1. The van der Waals surface area contributed by atoms with Crippen LogP contribution < -0.4 is 11.1 Å². The molecule has 21 heavy (non-hydrogen) atoms. The van der Waals surface area contributed by atoms with Gasteiger partial charge in [0.25, 0.3) is 0 Å². The maximum atomic E-state index is 12.3. The Labute approximate surface area is 134 Å². The standard InChI is InChI=1S/C16H23BrN2O2/c1-21-11-14(18)15(20)19-16(8-3-2-4-9-16)12-6-5-7-13(17)10-12/h5-7,10,14H,2-4,8-9,11,18H2,1H3,(H,19,20). The first-order chi connectivity index (χ1) is 10.1. The summed E-state index contributed by atoms with van der Waals surface area (Å²) in [6.07, 6.45) is 5.36. The number of rotatable bonds is 5. The second kappa shape index (κ2) is 7.38. The zero-order chi connectivity index (χ0) is 15.3. The number of methoxy groups -OCH3 is 1. The van der Waals surface area contributed by atoms with Gasteiger partial charge in [-0.15, -0.1) is 0 Å². The van der Waals surface area contributed by atoms with Gasteiger partial charge in [0.05, 0.1) is 12.1 Å². The molecule has 1 aliphatic carbocycles. The molecular formula is C16H23BrN2O2. The Bertz CT molecular complexity index is 487. The first-order valence-corrected chi connectivity index (χ1v) is 8.19. The van der Waals surface area contributed by atoms with Gasteiger partial charge in [0, 0.05) is 11.6 Å². The van der Waals surface area contributed by atoms with Crippen LogP contribution in [-0.2, 0) is 15.1 Å². The van der Waals surface area contributed by atoms with Gasteiger partial charge in [-0.05, 0) is 30.5 Å². The number of hydrogen-bond donors (Lipinski definition) is 2. The molecule has 1 aromatic carbocycles. The number of nitrogens with one attached hydrogen (secondary N) is 1. The van der Waals surface area contributed by atoms with Crippen molar-refractivity contribution in [1.82, 2.24) is 5.32 Å². The summed E-state index contributed by atoms with van der Waals surface area (Å²) in [6.45, 7) is 0.237. The second-order valence-electron chi connectivity index (χ2n) is 5.70. The molecule has 2 rings (SSSR count). The first kappa shape index (κ1) is 16.5. The lowest BCUT2D eigenvalue weighted by atomic mass is 9.76. The molecule has 0 aromatic heterocycles. The predicted molar refractivity (Wildman–Crippen MR) is 86.9 cm³/mol. The molecule has 0 bridgehead atoms. The molecule has 1 unspecified atom stereocenters. The highest BCUT2D eigenvalue weighted by molar-refractivity contribution is 9.10. The first-order valence-electron chi connectivity index (χ1n) is 7.40. The van der Waals surface area contributed by atoms with Gasteiger partial charge >= 0.3 is 0 Å². The van der Waals surface area contributed by atoms with E-state index in [9.17, 15) is 4.79 Å². The van der Waals surface area contributed by atoms with Crippen LogP contribution in [0.5, 0.6) is 0 Å². The molecule has 1 aliphatic rings. The summed E-state index contributed by atoms with van der Waals surface area (Å²) in [5.41, 5.74) is 6.71. The molecule has 1 aromatic rings. The summed E-state index contributed by atoms with van der Waals surface area (Å²) in [5, 5.41) is 3.20. The highest BCUT2D eigenvalue weighted by Crippen LogP contribution is 2.38. The lowest BCUT2D eigenvalue weighted by Gasteiger charge is -2.39. The summed E-state index contributed by atoms with van der Waals surface area (Å²) in [6, 6.07) is 7.56. The fourth-order valence-electron chi connectivity index (χ4n) is 3.01. The van der Waals surface area contributed by atoms with Crippen LogP contribution in [0.4, 0.5) is 0 Å². The third-order valence-corrected chi connectivity index (χ3v) is 4.62. The number of carbonyl (C=O) groups excluding carboxylic acids is 1. The fourth-order valence-corrected chi connectivity index (χ4v) is 3.41. The Hall–Kier alpha value is -0.910. The van der Waals surface area contributed by atoms with Gasteiger partial charge < -0.3 is 15.8 Å². The van der Waals surface area contributed by atoms with Gasteiger partial charge in [-0.1, -0.05) is 47.3 Å². The molecule has 5 heteroatoms. The number of halogens is 1. The van der Waals surface area contributed by atoms with Crippen molar-refractivity contribution in [3.8, 4) is 0 Å². The molecule has 0 aliphatic heterocycles. The number of nitrogens with two attached hydrogens (primary N) is 1. The van der Waals surface area contributed by atoms with Crippen LogP contribution in [0, 0.1) is 0 Å². The molecule has 116 valence electrons. The summed E-state index contributed by atoms with van der Waals surface area (Å²) >= 11 is 3.52. The van der Waals surface area contributed by atoms with Crippen LogP contribution in [0.15, 0.2) is 28.7 Å². The molecule has 3 N–H and O–H groups in total. The zero-order valence-electron chi connectivity index (χ0n) is 12.4. The van der Waals surface area contributed by atoms with Gasteiger partial charge in [0.1, 0.15) is 6.04 Å². The van der Waals surface area contributed by atoms with E-state index in [1.165, 1.54) is 6.42 Å². The van der Waals surface area contributed by atoms with Crippen molar-refractivity contribution in [2.75, 3.05) is 13.7 Å². The van der Waals surface area contributed by atoms with Gasteiger partial charge in [-0.3, -0.25) is 4.79 Å². The number of benzene rings is 1. The predicted octanol–water partition coefficient (Wildman–Crippen LogP) is 2.70. The SMILES string of the molecule is COCC(N)C(=O)NC1(c2cccc(Br)c2)CCCCC1. The van der Waals surface area contributed by atoms with E-state index in [1.807, 2.05) is 12.1 Å². The van der Waals surface area contributed by atoms with Crippen molar-refractivity contribution in [2.24, 2.45) is 5.73 Å². The number of amides is 1. The van der Waals surface area contributed by atoms with Crippen molar-refractivity contribution in [1.29, 1.82) is 0 Å². The maximum absolute atomic E-state index is 12.3. The third-order valence-electron chi connectivity index (χ3n) is 4.13. The molecule has 0 saturated heterocycles. The molecular weight excluding hydrogens is 332 g/mol. The summed E-state index contributed by atoms with van der Waals surface area (Å²) in [4.78, 5) is 12.3. The Morgan fingerprint density at radius 2 is 2.14 bits per heavy atom. The zero-order valence-corrected chi connectivity index (χ0v) is 14.0. The maximum Gasteiger partial charge on any atom is 0.239 e. The van der Waals surface area contributed by atoms with Crippen molar-refractivity contribution >= 4 is 21.8 Å². The van der Waals surface area contributed by atoms with E-state index in [4.69, 9.17) is 10.5 Å². The van der Waals surface area contributed by atoms with E-state index >= 15 is 0 Å². The van der Waals surface area contributed by atoms with Crippen molar-refractivity contribution in [3.05, 3.63) is 34.3 Å². The Kier molecular flexibility index (Phi) is 5.79. The number of hydrogen-bond acceptors (Lipinski definition) is 3. The molecule has 1 saturated carbocycles. The normalized spacial score (nSPS) is 19.0. The van der Waals surface area contributed by atoms with Gasteiger partial charge in [-0.25, -0.2) is 0 Å². The smallest absolute Gasteiger partial charge is 0.239 e. The molecule has 0 heterocycles. The van der Waals surface area contributed by atoms with Gasteiger partial charge in [0.2, 0.25) is 5.91 Å². The minimum absolute atomic E-state index is 0.140. The molecule has 1 fully saturated rings. The monoisotopic (exact) mass is 354 g/mol. The van der Waals surface area contributed by atoms with Crippen molar-refractivity contribution in [2.45, 2.75) is 43.7 Å². The van der Waals surface area contributed by atoms with Crippen LogP contribution in [0.2, 0.25) is 0 Å². The molecule has 1 atom stereocenters. The van der Waals surface area contributed by atoms with E-state index in [0.717, 1.165) is 35.7 Å². The van der Waals surface area contributed by atoms with E-state index in [0.29, 0.717) is 0 Å². The van der Waals surface area contributed by atoms with E-state index in [-0.39, 0.29) is 18.1 Å². The topological polar surface area (TPSA) is 64.3 Å². The van der Waals surface area contributed by atoms with Crippen molar-refractivity contribution in [3.63, 3.8) is 0 Å². The highest BCUT2D eigenvalue weighted by atomic mass is 79.9. The Balaban J connectivity index is 2.23. The third kappa shape index (κ3) is 4.05. The lowest BCUT2D eigenvalue weighted by Crippen LogP contribution is -2.53. The highest BCUT2D eigenvalue weighted by Gasteiger charge is 2.36. The average Bonchev–Trinajstić information content (AvgIpc) is 2.48. The average molecular weight is 355 g/mol. The second-order valence-corrected chi connectivity index (χ2v) is 6.62. The molecule has 4 nitrogen and oxygen atoms in total.